The summed E-state index contributed by atoms with van der Waals surface area (Å²) < 4.78 is 2.03. The lowest BCUT2D eigenvalue weighted by atomic mass is 9.95. The minimum atomic E-state index is -0.689. The van der Waals surface area contributed by atoms with Crippen molar-refractivity contribution in [3.05, 3.63) is 36.0 Å². The van der Waals surface area contributed by atoms with Crippen LogP contribution in [0.25, 0.3) is 10.9 Å². The maximum absolute atomic E-state index is 11.8. The maximum atomic E-state index is 11.8. The van der Waals surface area contributed by atoms with Gasteiger partial charge in [-0.3, -0.25) is 4.79 Å². The lowest BCUT2D eigenvalue weighted by Gasteiger charge is -2.19. The van der Waals surface area contributed by atoms with E-state index < -0.39 is 11.5 Å². The number of aliphatic hydroxyl groups is 1. The van der Waals surface area contributed by atoms with Crippen molar-refractivity contribution in [3.8, 4) is 0 Å². The number of benzene rings is 1. The van der Waals surface area contributed by atoms with Crippen molar-refractivity contribution in [2.24, 2.45) is 12.5 Å². The Labute approximate surface area is 119 Å². The molecule has 4 nitrogen and oxygen atoms in total. The SMILES string of the molecule is Cn1ccc2cc(C(O)CNC(=O)C(C)(C)C)ccc21. The number of aliphatic hydroxyl groups excluding tert-OH is 1. The molecule has 2 N–H and O–H groups in total. The average molecular weight is 274 g/mol. The number of aryl methyl sites for hydroxylation is 1. The van der Waals surface area contributed by atoms with Crippen LogP contribution in [-0.2, 0) is 11.8 Å². The Balaban J connectivity index is 2.08. The highest BCUT2D eigenvalue weighted by Gasteiger charge is 2.21. The fourth-order valence-electron chi connectivity index (χ4n) is 2.08. The summed E-state index contributed by atoms with van der Waals surface area (Å²) in [5, 5.41) is 14.0. The zero-order valence-electron chi connectivity index (χ0n) is 12.5. The van der Waals surface area contributed by atoms with Crippen LogP contribution in [0.4, 0.5) is 0 Å². The molecule has 2 rings (SSSR count). The van der Waals surface area contributed by atoms with Crippen molar-refractivity contribution in [1.82, 2.24) is 9.88 Å². The molecular formula is C16H22N2O2. The molecule has 1 unspecified atom stereocenters. The third-order valence-electron chi connectivity index (χ3n) is 3.43. The summed E-state index contributed by atoms with van der Waals surface area (Å²) in [5.41, 5.74) is 1.50. The zero-order chi connectivity index (χ0) is 14.9. The molecular weight excluding hydrogens is 252 g/mol. The number of aromatic nitrogens is 1. The Hall–Kier alpha value is -1.81. The van der Waals surface area contributed by atoms with Crippen molar-refractivity contribution < 1.29 is 9.90 Å². The smallest absolute Gasteiger partial charge is 0.225 e. The van der Waals surface area contributed by atoms with E-state index in [-0.39, 0.29) is 12.5 Å². The van der Waals surface area contributed by atoms with E-state index >= 15 is 0 Å². The van der Waals surface area contributed by atoms with Gasteiger partial charge in [-0.15, -0.1) is 0 Å². The molecule has 0 spiro atoms. The zero-order valence-corrected chi connectivity index (χ0v) is 12.5. The van der Waals surface area contributed by atoms with Gasteiger partial charge in [0.05, 0.1) is 6.10 Å². The lowest BCUT2D eigenvalue weighted by Crippen LogP contribution is -2.37. The highest BCUT2D eigenvalue weighted by Crippen LogP contribution is 2.21. The highest BCUT2D eigenvalue weighted by atomic mass is 16.3. The van der Waals surface area contributed by atoms with E-state index in [1.54, 1.807) is 0 Å². The highest BCUT2D eigenvalue weighted by molar-refractivity contribution is 5.82. The van der Waals surface area contributed by atoms with Gasteiger partial charge in [0.25, 0.3) is 0 Å². The number of amides is 1. The predicted octanol–water partition coefficient (Wildman–Crippen LogP) is 2.37. The third kappa shape index (κ3) is 3.02. The normalized spacial score (nSPS) is 13.4. The second-order valence-corrected chi connectivity index (χ2v) is 6.22. The molecule has 20 heavy (non-hydrogen) atoms. The second-order valence-electron chi connectivity index (χ2n) is 6.22. The van der Waals surface area contributed by atoms with Crippen LogP contribution in [0.15, 0.2) is 30.5 Å². The fraction of sp³-hybridized carbons (Fsp3) is 0.438. The molecule has 0 aliphatic carbocycles. The van der Waals surface area contributed by atoms with Gasteiger partial charge in [0, 0.05) is 30.7 Å². The summed E-state index contributed by atoms with van der Waals surface area (Å²) in [4.78, 5) is 11.8. The van der Waals surface area contributed by atoms with Gasteiger partial charge >= 0.3 is 0 Å². The quantitative estimate of drug-likeness (QED) is 0.903. The number of nitrogens with one attached hydrogen (secondary N) is 1. The molecule has 1 heterocycles. The number of hydrogen-bond acceptors (Lipinski definition) is 2. The Morgan fingerprint density at radius 2 is 2.05 bits per heavy atom. The lowest BCUT2D eigenvalue weighted by molar-refractivity contribution is -0.128. The molecule has 0 bridgehead atoms. The van der Waals surface area contributed by atoms with Crippen molar-refractivity contribution in [2.45, 2.75) is 26.9 Å². The minimum Gasteiger partial charge on any atom is -0.387 e. The van der Waals surface area contributed by atoms with E-state index in [2.05, 4.69) is 5.32 Å². The Kier molecular flexibility index (Phi) is 3.86. The summed E-state index contributed by atoms with van der Waals surface area (Å²) in [6, 6.07) is 7.86. The summed E-state index contributed by atoms with van der Waals surface area (Å²) in [7, 11) is 1.99. The molecule has 0 fully saturated rings. The number of nitrogens with zero attached hydrogens (tertiary/aromatic N) is 1. The minimum absolute atomic E-state index is 0.0580. The second kappa shape index (κ2) is 5.29. The Morgan fingerprint density at radius 3 is 2.70 bits per heavy atom. The van der Waals surface area contributed by atoms with Gasteiger partial charge < -0.3 is 15.0 Å². The molecule has 1 atom stereocenters. The summed E-state index contributed by atoms with van der Waals surface area (Å²) in [6.07, 6.45) is 1.30. The van der Waals surface area contributed by atoms with Crippen LogP contribution in [0, 0.1) is 5.41 Å². The van der Waals surface area contributed by atoms with Crippen LogP contribution in [0.5, 0.6) is 0 Å². The predicted molar refractivity (Wildman–Crippen MR) is 80.3 cm³/mol. The number of rotatable bonds is 3. The fourth-order valence-corrected chi connectivity index (χ4v) is 2.08. The first-order valence-corrected chi connectivity index (χ1v) is 6.80. The first-order chi connectivity index (χ1) is 9.29. The van der Waals surface area contributed by atoms with Crippen molar-refractivity contribution >= 4 is 16.8 Å². The first kappa shape index (κ1) is 14.6. The Bertz CT molecular complexity index is 623. The average Bonchev–Trinajstić information content (AvgIpc) is 2.75. The molecule has 1 aromatic heterocycles. The van der Waals surface area contributed by atoms with Crippen molar-refractivity contribution in [1.29, 1.82) is 0 Å². The van der Waals surface area contributed by atoms with Crippen LogP contribution >= 0.6 is 0 Å². The molecule has 0 aliphatic rings. The topological polar surface area (TPSA) is 54.3 Å². The molecule has 1 aromatic carbocycles. The summed E-state index contributed by atoms with van der Waals surface area (Å²) >= 11 is 0. The number of carbonyl (C=O) groups excluding carboxylic acids is 1. The van der Waals surface area contributed by atoms with Gasteiger partial charge in [-0.05, 0) is 29.1 Å². The van der Waals surface area contributed by atoms with E-state index in [9.17, 15) is 9.90 Å². The molecule has 1 amide bonds. The van der Waals surface area contributed by atoms with Crippen LogP contribution in [-0.4, -0.2) is 22.1 Å². The van der Waals surface area contributed by atoms with E-state index in [0.717, 1.165) is 16.5 Å². The number of carbonyl (C=O) groups is 1. The maximum Gasteiger partial charge on any atom is 0.225 e. The molecule has 0 saturated heterocycles. The van der Waals surface area contributed by atoms with Crippen molar-refractivity contribution in [3.63, 3.8) is 0 Å². The third-order valence-corrected chi connectivity index (χ3v) is 3.43. The molecule has 108 valence electrons. The number of fused-ring (bicyclic) bond motifs is 1. The van der Waals surface area contributed by atoms with E-state index in [1.807, 2.05) is 62.8 Å². The van der Waals surface area contributed by atoms with Crippen LogP contribution in [0.1, 0.15) is 32.4 Å². The molecule has 0 radical (unpaired) electrons. The van der Waals surface area contributed by atoms with Crippen LogP contribution in [0.2, 0.25) is 0 Å². The van der Waals surface area contributed by atoms with E-state index in [0.29, 0.717) is 0 Å². The van der Waals surface area contributed by atoms with Gasteiger partial charge in [-0.2, -0.15) is 0 Å². The Morgan fingerprint density at radius 1 is 1.35 bits per heavy atom. The van der Waals surface area contributed by atoms with Gasteiger partial charge in [-0.25, -0.2) is 0 Å². The van der Waals surface area contributed by atoms with Crippen molar-refractivity contribution in [2.75, 3.05) is 6.54 Å². The van der Waals surface area contributed by atoms with Crippen LogP contribution < -0.4 is 5.32 Å². The van der Waals surface area contributed by atoms with Gasteiger partial charge in [0.15, 0.2) is 0 Å². The molecule has 4 heteroatoms. The summed E-state index contributed by atoms with van der Waals surface area (Å²) in [5.74, 6) is -0.0580. The van der Waals surface area contributed by atoms with Crippen LogP contribution in [0.3, 0.4) is 0 Å². The van der Waals surface area contributed by atoms with Gasteiger partial charge in [-0.1, -0.05) is 26.8 Å². The van der Waals surface area contributed by atoms with Gasteiger partial charge in [0.1, 0.15) is 0 Å². The standard InChI is InChI=1S/C16H22N2O2/c1-16(2,3)15(20)17-10-14(19)12-5-6-13-11(9-12)7-8-18(13)4/h5-9,14,19H,10H2,1-4H3,(H,17,20). The molecule has 2 aromatic rings. The summed E-state index contributed by atoms with van der Waals surface area (Å²) in [6.45, 7) is 5.79. The van der Waals surface area contributed by atoms with E-state index in [4.69, 9.17) is 0 Å². The number of hydrogen-bond donors (Lipinski definition) is 2. The first-order valence-electron chi connectivity index (χ1n) is 6.80. The largest absolute Gasteiger partial charge is 0.387 e. The molecule has 0 saturated carbocycles. The van der Waals surface area contributed by atoms with E-state index in [1.165, 1.54) is 0 Å². The monoisotopic (exact) mass is 274 g/mol. The molecule has 0 aliphatic heterocycles. The van der Waals surface area contributed by atoms with Gasteiger partial charge in [0.2, 0.25) is 5.91 Å².